The molecule has 0 radical (unpaired) electrons. The molecule has 1 aromatic rings. The molecule has 0 saturated heterocycles. The van der Waals surface area contributed by atoms with E-state index in [0.29, 0.717) is 10.6 Å². The van der Waals surface area contributed by atoms with Crippen LogP contribution in [0.25, 0.3) is 0 Å². The lowest BCUT2D eigenvalue weighted by atomic mass is 9.91. The van der Waals surface area contributed by atoms with E-state index in [0.717, 1.165) is 25.7 Å². The summed E-state index contributed by atoms with van der Waals surface area (Å²) in [7, 11) is 0. The highest BCUT2D eigenvalue weighted by Crippen LogP contribution is 2.18. The number of carbonyl (C=O) groups excluding carboxylic acids is 2. The van der Waals surface area contributed by atoms with E-state index in [-0.39, 0.29) is 29.8 Å². The summed E-state index contributed by atoms with van der Waals surface area (Å²) in [5.74, 6) is -0.506. The average Bonchev–Trinajstić information content (AvgIpc) is 2.54. The van der Waals surface area contributed by atoms with Crippen LogP contribution in [-0.4, -0.2) is 29.9 Å². The molecule has 1 atom stereocenters. The van der Waals surface area contributed by atoms with Crippen LogP contribution < -0.4 is 16.4 Å². The second kappa shape index (κ2) is 8.49. The molecule has 6 heteroatoms. The van der Waals surface area contributed by atoms with Crippen molar-refractivity contribution in [3.63, 3.8) is 0 Å². The van der Waals surface area contributed by atoms with Crippen LogP contribution in [0, 0.1) is 5.92 Å². The van der Waals surface area contributed by atoms with E-state index in [9.17, 15) is 9.59 Å². The van der Waals surface area contributed by atoms with Gasteiger partial charge in [0.2, 0.25) is 5.91 Å². The lowest BCUT2D eigenvalue weighted by Crippen LogP contribution is -2.53. The van der Waals surface area contributed by atoms with Crippen LogP contribution >= 0.6 is 11.6 Å². The highest BCUT2D eigenvalue weighted by Gasteiger charge is 2.28. The van der Waals surface area contributed by atoms with Crippen LogP contribution in [-0.2, 0) is 4.79 Å². The van der Waals surface area contributed by atoms with Gasteiger partial charge in [0.25, 0.3) is 5.91 Å². The van der Waals surface area contributed by atoms with E-state index in [2.05, 4.69) is 10.6 Å². The zero-order valence-electron chi connectivity index (χ0n) is 14.2. The van der Waals surface area contributed by atoms with Crippen molar-refractivity contribution in [2.75, 3.05) is 0 Å². The molecular weight excluding hydrogens is 326 g/mol. The van der Waals surface area contributed by atoms with Gasteiger partial charge in [0, 0.05) is 12.1 Å². The van der Waals surface area contributed by atoms with Gasteiger partial charge in [0.15, 0.2) is 0 Å². The van der Waals surface area contributed by atoms with Gasteiger partial charge in [-0.25, -0.2) is 0 Å². The summed E-state index contributed by atoms with van der Waals surface area (Å²) in [6.07, 6.45) is 3.61. The SMILES string of the molecule is CC(C)C(NC(=O)c1ccccc1Cl)C(=O)NC1CCC(N)CC1. The fourth-order valence-electron chi connectivity index (χ4n) is 2.95. The predicted octanol–water partition coefficient (Wildman–Crippen LogP) is 2.48. The van der Waals surface area contributed by atoms with E-state index in [1.165, 1.54) is 0 Å². The molecular formula is C18H26ClN3O2. The number of carbonyl (C=O) groups is 2. The molecule has 0 bridgehead atoms. The monoisotopic (exact) mass is 351 g/mol. The summed E-state index contributed by atoms with van der Waals surface area (Å²) >= 11 is 6.06. The van der Waals surface area contributed by atoms with E-state index >= 15 is 0 Å². The topological polar surface area (TPSA) is 84.2 Å². The van der Waals surface area contributed by atoms with E-state index < -0.39 is 6.04 Å². The Morgan fingerprint density at radius 1 is 1.17 bits per heavy atom. The quantitative estimate of drug-likeness (QED) is 0.762. The van der Waals surface area contributed by atoms with Crippen molar-refractivity contribution in [3.8, 4) is 0 Å². The molecule has 0 spiro atoms. The van der Waals surface area contributed by atoms with Gasteiger partial charge in [0.1, 0.15) is 6.04 Å². The highest BCUT2D eigenvalue weighted by atomic mass is 35.5. The molecule has 1 saturated carbocycles. The maximum atomic E-state index is 12.6. The van der Waals surface area contributed by atoms with Crippen LogP contribution in [0.5, 0.6) is 0 Å². The number of amides is 2. The standard InChI is InChI=1S/C18H26ClN3O2/c1-11(2)16(18(24)21-13-9-7-12(20)8-10-13)22-17(23)14-5-3-4-6-15(14)19/h3-6,11-13,16H,7-10,20H2,1-2H3,(H,21,24)(H,22,23). The molecule has 4 N–H and O–H groups in total. The van der Waals surface area contributed by atoms with Crippen molar-refractivity contribution in [1.82, 2.24) is 10.6 Å². The molecule has 2 amide bonds. The lowest BCUT2D eigenvalue weighted by Gasteiger charge is -2.29. The van der Waals surface area contributed by atoms with Crippen LogP contribution in [0.4, 0.5) is 0 Å². The van der Waals surface area contributed by atoms with Gasteiger partial charge in [-0.15, -0.1) is 0 Å². The van der Waals surface area contributed by atoms with Crippen molar-refractivity contribution in [2.45, 2.75) is 57.7 Å². The van der Waals surface area contributed by atoms with Gasteiger partial charge in [-0.1, -0.05) is 37.6 Å². The van der Waals surface area contributed by atoms with Crippen molar-refractivity contribution in [2.24, 2.45) is 11.7 Å². The number of rotatable bonds is 5. The third-order valence-corrected chi connectivity index (χ3v) is 4.80. The third-order valence-electron chi connectivity index (χ3n) is 4.47. The molecule has 5 nitrogen and oxygen atoms in total. The molecule has 24 heavy (non-hydrogen) atoms. The van der Waals surface area contributed by atoms with Crippen molar-refractivity contribution >= 4 is 23.4 Å². The molecule has 1 aliphatic rings. The van der Waals surface area contributed by atoms with Crippen LogP contribution in [0.15, 0.2) is 24.3 Å². The third kappa shape index (κ3) is 4.95. The molecule has 2 rings (SSSR count). The predicted molar refractivity (Wildman–Crippen MR) is 95.9 cm³/mol. The maximum Gasteiger partial charge on any atom is 0.253 e. The van der Waals surface area contributed by atoms with E-state index in [1.807, 2.05) is 13.8 Å². The first-order valence-corrected chi connectivity index (χ1v) is 8.87. The molecule has 132 valence electrons. The zero-order chi connectivity index (χ0) is 17.7. The summed E-state index contributed by atoms with van der Waals surface area (Å²) in [5, 5.41) is 6.24. The molecule has 0 aromatic heterocycles. The molecule has 1 unspecified atom stereocenters. The van der Waals surface area contributed by atoms with Crippen molar-refractivity contribution in [3.05, 3.63) is 34.9 Å². The summed E-state index contributed by atoms with van der Waals surface area (Å²) in [6.45, 7) is 3.82. The average molecular weight is 352 g/mol. The Labute approximate surface area is 148 Å². The minimum atomic E-state index is -0.593. The molecule has 0 aliphatic heterocycles. The second-order valence-corrected chi connectivity index (χ2v) is 7.20. The number of nitrogens with one attached hydrogen (secondary N) is 2. The number of nitrogens with two attached hydrogens (primary N) is 1. The summed E-state index contributed by atoms with van der Waals surface area (Å²) < 4.78 is 0. The molecule has 0 heterocycles. The van der Waals surface area contributed by atoms with E-state index in [4.69, 9.17) is 17.3 Å². The maximum absolute atomic E-state index is 12.6. The Balaban J connectivity index is 1.99. The summed E-state index contributed by atoms with van der Waals surface area (Å²) in [6, 6.07) is 6.59. The fraction of sp³-hybridized carbons (Fsp3) is 0.556. The number of halogens is 1. The van der Waals surface area contributed by atoms with Gasteiger partial charge >= 0.3 is 0 Å². The Kier molecular flexibility index (Phi) is 6.63. The van der Waals surface area contributed by atoms with Gasteiger partial charge in [0.05, 0.1) is 10.6 Å². The summed E-state index contributed by atoms with van der Waals surface area (Å²) in [4.78, 5) is 25.0. The molecule has 1 aliphatic carbocycles. The number of benzene rings is 1. The lowest BCUT2D eigenvalue weighted by molar-refractivity contribution is -0.124. The van der Waals surface area contributed by atoms with Crippen LogP contribution in [0.3, 0.4) is 0 Å². The second-order valence-electron chi connectivity index (χ2n) is 6.80. The minimum absolute atomic E-state index is 0.0257. The number of hydrogen-bond donors (Lipinski definition) is 3. The Morgan fingerprint density at radius 3 is 2.38 bits per heavy atom. The van der Waals surface area contributed by atoms with Gasteiger partial charge in [-0.05, 0) is 43.7 Å². The Bertz CT molecular complexity index is 583. The fourth-order valence-corrected chi connectivity index (χ4v) is 3.18. The van der Waals surface area contributed by atoms with Crippen LogP contribution in [0.1, 0.15) is 49.9 Å². The zero-order valence-corrected chi connectivity index (χ0v) is 15.0. The minimum Gasteiger partial charge on any atom is -0.352 e. The summed E-state index contributed by atoms with van der Waals surface area (Å²) in [5.41, 5.74) is 6.27. The molecule has 1 aromatic carbocycles. The molecule has 1 fully saturated rings. The highest BCUT2D eigenvalue weighted by molar-refractivity contribution is 6.33. The Hall–Kier alpha value is -1.59. The Morgan fingerprint density at radius 2 is 1.79 bits per heavy atom. The van der Waals surface area contributed by atoms with Crippen molar-refractivity contribution in [1.29, 1.82) is 0 Å². The van der Waals surface area contributed by atoms with E-state index in [1.54, 1.807) is 24.3 Å². The first kappa shape index (κ1) is 18.7. The van der Waals surface area contributed by atoms with Crippen molar-refractivity contribution < 1.29 is 9.59 Å². The van der Waals surface area contributed by atoms with Crippen LogP contribution in [0.2, 0.25) is 5.02 Å². The largest absolute Gasteiger partial charge is 0.352 e. The smallest absolute Gasteiger partial charge is 0.253 e. The van der Waals surface area contributed by atoms with Gasteiger partial charge in [-0.3, -0.25) is 9.59 Å². The first-order valence-electron chi connectivity index (χ1n) is 8.49. The van der Waals surface area contributed by atoms with Gasteiger partial charge in [-0.2, -0.15) is 0 Å². The van der Waals surface area contributed by atoms with Gasteiger partial charge < -0.3 is 16.4 Å². The number of hydrogen-bond acceptors (Lipinski definition) is 3. The normalized spacial score (nSPS) is 22.0. The first-order chi connectivity index (χ1) is 11.4.